The van der Waals surface area contributed by atoms with Gasteiger partial charge in [0.1, 0.15) is 17.1 Å². The van der Waals surface area contributed by atoms with E-state index in [4.69, 9.17) is 9.84 Å². The molecular weight excluding hydrogens is 265 g/mol. The predicted molar refractivity (Wildman–Crippen MR) is 71.3 cm³/mol. The third-order valence-corrected chi connectivity index (χ3v) is 2.59. The highest BCUT2D eigenvalue weighted by molar-refractivity contribution is 5.91. The van der Waals surface area contributed by atoms with E-state index >= 15 is 0 Å². The number of hydrogen-bond donors (Lipinski definition) is 2. The van der Waals surface area contributed by atoms with Crippen LogP contribution in [0, 0.1) is 11.7 Å². The molecule has 0 aliphatic heterocycles. The summed E-state index contributed by atoms with van der Waals surface area (Å²) >= 11 is 0. The topological polar surface area (TPSA) is 75.6 Å². The van der Waals surface area contributed by atoms with Gasteiger partial charge in [-0.05, 0) is 24.5 Å². The molecule has 1 aromatic carbocycles. The second-order valence-corrected chi connectivity index (χ2v) is 4.74. The Labute approximate surface area is 116 Å². The molecule has 0 atom stereocenters. The highest BCUT2D eigenvalue weighted by atomic mass is 19.1. The molecule has 5 nitrogen and oxygen atoms in total. The van der Waals surface area contributed by atoms with E-state index in [-0.39, 0.29) is 18.3 Å². The third kappa shape index (κ3) is 4.87. The minimum Gasteiger partial charge on any atom is -0.483 e. The second-order valence-electron chi connectivity index (χ2n) is 4.74. The fourth-order valence-electron chi connectivity index (χ4n) is 1.53. The average Bonchev–Trinajstić information content (AvgIpc) is 2.35. The molecule has 0 saturated carbocycles. The molecule has 0 aromatic heterocycles. The number of benzene rings is 1. The summed E-state index contributed by atoms with van der Waals surface area (Å²) in [5.74, 6) is -2.38. The van der Waals surface area contributed by atoms with Crippen molar-refractivity contribution in [1.82, 2.24) is 5.32 Å². The van der Waals surface area contributed by atoms with Crippen LogP contribution >= 0.6 is 0 Å². The van der Waals surface area contributed by atoms with Crippen molar-refractivity contribution in [1.29, 1.82) is 0 Å². The van der Waals surface area contributed by atoms with Gasteiger partial charge in [0.2, 0.25) is 0 Å². The number of halogens is 1. The van der Waals surface area contributed by atoms with Crippen LogP contribution in [0.15, 0.2) is 18.2 Å². The van der Waals surface area contributed by atoms with Crippen molar-refractivity contribution in [2.45, 2.75) is 20.3 Å². The van der Waals surface area contributed by atoms with Crippen LogP contribution in [-0.2, 0) is 4.79 Å². The molecule has 0 fully saturated rings. The fourth-order valence-corrected chi connectivity index (χ4v) is 1.53. The molecule has 0 radical (unpaired) electrons. The number of carboxylic acid groups (broad SMARTS) is 1. The number of ether oxygens (including phenoxy) is 1. The zero-order valence-corrected chi connectivity index (χ0v) is 11.5. The van der Waals surface area contributed by atoms with E-state index in [0.29, 0.717) is 12.5 Å². The third-order valence-electron chi connectivity index (χ3n) is 2.59. The van der Waals surface area contributed by atoms with Crippen molar-refractivity contribution in [3.05, 3.63) is 29.6 Å². The quantitative estimate of drug-likeness (QED) is 0.803. The Morgan fingerprint density at radius 1 is 1.40 bits per heavy atom. The summed E-state index contributed by atoms with van der Waals surface area (Å²) in [6, 6.07) is 3.67. The standard InChI is InChI=1S/C14H18FNO4/c1-9(2)6-7-16-12(17)8-20-11-5-3-4-10(15)13(11)14(18)19/h3-5,9H,6-8H2,1-2H3,(H,16,17)(H,18,19). The first-order valence-electron chi connectivity index (χ1n) is 6.33. The molecule has 0 aliphatic carbocycles. The molecule has 0 saturated heterocycles. The Bertz CT molecular complexity index is 488. The van der Waals surface area contributed by atoms with Crippen molar-refractivity contribution in [2.75, 3.05) is 13.2 Å². The van der Waals surface area contributed by atoms with E-state index in [0.717, 1.165) is 12.5 Å². The highest BCUT2D eigenvalue weighted by Gasteiger charge is 2.17. The largest absolute Gasteiger partial charge is 0.483 e. The summed E-state index contributed by atoms with van der Waals surface area (Å²) in [4.78, 5) is 22.4. The summed E-state index contributed by atoms with van der Waals surface area (Å²) in [5.41, 5.74) is -0.567. The normalized spacial score (nSPS) is 10.4. The first-order valence-corrected chi connectivity index (χ1v) is 6.33. The molecule has 0 spiro atoms. The van der Waals surface area contributed by atoms with E-state index in [2.05, 4.69) is 5.32 Å². The Kier molecular flexibility index (Phi) is 5.96. The van der Waals surface area contributed by atoms with Gasteiger partial charge in [-0.15, -0.1) is 0 Å². The van der Waals surface area contributed by atoms with Crippen molar-refractivity contribution in [2.24, 2.45) is 5.92 Å². The van der Waals surface area contributed by atoms with Crippen LogP contribution in [0.3, 0.4) is 0 Å². The number of nitrogens with one attached hydrogen (secondary N) is 1. The van der Waals surface area contributed by atoms with E-state index in [1.165, 1.54) is 12.1 Å². The van der Waals surface area contributed by atoms with Gasteiger partial charge in [0.25, 0.3) is 5.91 Å². The van der Waals surface area contributed by atoms with E-state index in [1.807, 2.05) is 13.8 Å². The van der Waals surface area contributed by atoms with Gasteiger partial charge in [-0.3, -0.25) is 4.79 Å². The van der Waals surface area contributed by atoms with Crippen molar-refractivity contribution in [3.8, 4) is 5.75 Å². The molecule has 1 aromatic rings. The van der Waals surface area contributed by atoms with Gasteiger partial charge in [-0.1, -0.05) is 19.9 Å². The zero-order valence-electron chi connectivity index (χ0n) is 11.5. The minimum atomic E-state index is -1.43. The van der Waals surface area contributed by atoms with Crippen LogP contribution in [0.25, 0.3) is 0 Å². The van der Waals surface area contributed by atoms with Crippen LogP contribution in [0.5, 0.6) is 5.75 Å². The number of carboxylic acids is 1. The lowest BCUT2D eigenvalue weighted by Crippen LogP contribution is -2.30. The molecule has 0 bridgehead atoms. The molecule has 2 N–H and O–H groups in total. The van der Waals surface area contributed by atoms with Gasteiger partial charge in [-0.2, -0.15) is 0 Å². The van der Waals surface area contributed by atoms with Crippen LogP contribution in [0.1, 0.15) is 30.6 Å². The van der Waals surface area contributed by atoms with Gasteiger partial charge in [-0.25, -0.2) is 9.18 Å². The molecule has 0 heterocycles. The van der Waals surface area contributed by atoms with E-state index < -0.39 is 17.3 Å². The average molecular weight is 283 g/mol. The maximum absolute atomic E-state index is 13.4. The second kappa shape index (κ2) is 7.47. The first-order chi connectivity index (χ1) is 9.41. The molecular formula is C14H18FNO4. The lowest BCUT2D eigenvalue weighted by atomic mass is 10.1. The monoisotopic (exact) mass is 283 g/mol. The smallest absolute Gasteiger partial charge is 0.342 e. The number of amides is 1. The van der Waals surface area contributed by atoms with Gasteiger partial charge < -0.3 is 15.2 Å². The molecule has 20 heavy (non-hydrogen) atoms. The van der Waals surface area contributed by atoms with Crippen LogP contribution < -0.4 is 10.1 Å². The van der Waals surface area contributed by atoms with Crippen molar-refractivity contribution in [3.63, 3.8) is 0 Å². The predicted octanol–water partition coefficient (Wildman–Crippen LogP) is 2.06. The molecule has 1 rings (SSSR count). The number of carbonyl (C=O) groups is 2. The van der Waals surface area contributed by atoms with Crippen molar-refractivity contribution < 1.29 is 23.8 Å². The fraction of sp³-hybridized carbons (Fsp3) is 0.429. The number of carbonyl (C=O) groups excluding carboxylic acids is 1. The summed E-state index contributed by atoms with van der Waals surface area (Å²) in [5, 5.41) is 11.5. The van der Waals surface area contributed by atoms with Gasteiger partial charge in [0, 0.05) is 6.54 Å². The van der Waals surface area contributed by atoms with E-state index in [9.17, 15) is 14.0 Å². The summed E-state index contributed by atoms with van der Waals surface area (Å²) in [7, 11) is 0. The zero-order chi connectivity index (χ0) is 15.1. The van der Waals surface area contributed by atoms with Crippen molar-refractivity contribution >= 4 is 11.9 Å². The first kappa shape index (κ1) is 15.9. The highest BCUT2D eigenvalue weighted by Crippen LogP contribution is 2.21. The van der Waals surface area contributed by atoms with E-state index in [1.54, 1.807) is 0 Å². The lowest BCUT2D eigenvalue weighted by Gasteiger charge is -2.10. The Balaban J connectivity index is 2.55. The molecule has 110 valence electrons. The van der Waals surface area contributed by atoms with Crippen LogP contribution in [0.4, 0.5) is 4.39 Å². The maximum atomic E-state index is 13.4. The summed E-state index contributed by atoms with van der Waals surface area (Å²) < 4.78 is 18.4. The Morgan fingerprint density at radius 3 is 2.70 bits per heavy atom. The molecule has 6 heteroatoms. The molecule has 0 unspecified atom stereocenters. The number of hydrogen-bond acceptors (Lipinski definition) is 3. The summed E-state index contributed by atoms with van der Waals surface area (Å²) in [6.45, 7) is 4.25. The summed E-state index contributed by atoms with van der Waals surface area (Å²) in [6.07, 6.45) is 0.839. The Hall–Kier alpha value is -2.11. The SMILES string of the molecule is CC(C)CCNC(=O)COc1cccc(F)c1C(=O)O. The van der Waals surface area contributed by atoms with Gasteiger partial charge in [0.05, 0.1) is 0 Å². The van der Waals surface area contributed by atoms with Crippen LogP contribution in [-0.4, -0.2) is 30.1 Å². The maximum Gasteiger partial charge on any atom is 0.342 e. The van der Waals surface area contributed by atoms with Gasteiger partial charge in [0.15, 0.2) is 6.61 Å². The number of rotatable bonds is 7. The molecule has 1 amide bonds. The minimum absolute atomic E-state index is 0.156. The van der Waals surface area contributed by atoms with Gasteiger partial charge >= 0.3 is 5.97 Å². The Morgan fingerprint density at radius 2 is 2.10 bits per heavy atom. The van der Waals surface area contributed by atoms with Crippen LogP contribution in [0.2, 0.25) is 0 Å². The molecule has 0 aliphatic rings. The number of aromatic carboxylic acids is 1. The lowest BCUT2D eigenvalue weighted by molar-refractivity contribution is -0.123.